The third kappa shape index (κ3) is 4.09. The molecule has 0 saturated heterocycles. The van der Waals surface area contributed by atoms with E-state index in [0.717, 1.165) is 6.08 Å². The van der Waals surface area contributed by atoms with Crippen molar-refractivity contribution in [1.82, 2.24) is 5.32 Å². The van der Waals surface area contributed by atoms with Crippen molar-refractivity contribution in [2.45, 2.75) is 19.6 Å². The van der Waals surface area contributed by atoms with Crippen molar-refractivity contribution >= 4 is 17.8 Å². The minimum Gasteiger partial charge on any atom is -0.478 e. The standard InChI is InChI=1S/C13H15NO5/c1-9(15)14-13(19-10(2)16)8-4-3-5-11(13)6-7-12(17)18/h3-8,11H,1-2H3,(H,14,15)(H,17,18)/b7-6+. The van der Waals surface area contributed by atoms with Gasteiger partial charge in [-0.1, -0.05) is 24.3 Å². The number of aliphatic carboxylic acids is 1. The van der Waals surface area contributed by atoms with Crippen LogP contribution in [-0.4, -0.2) is 28.7 Å². The minimum absolute atomic E-state index is 0.394. The largest absolute Gasteiger partial charge is 0.478 e. The number of nitrogens with one attached hydrogen (secondary N) is 1. The molecule has 0 heterocycles. The van der Waals surface area contributed by atoms with Crippen LogP contribution in [0.1, 0.15) is 13.8 Å². The fourth-order valence-electron chi connectivity index (χ4n) is 1.80. The molecular weight excluding hydrogens is 250 g/mol. The van der Waals surface area contributed by atoms with Gasteiger partial charge in [0.2, 0.25) is 11.6 Å². The van der Waals surface area contributed by atoms with Crippen molar-refractivity contribution in [3.8, 4) is 0 Å². The first-order valence-corrected chi connectivity index (χ1v) is 5.61. The van der Waals surface area contributed by atoms with Crippen LogP contribution in [0.15, 0.2) is 36.5 Å². The van der Waals surface area contributed by atoms with E-state index in [-0.39, 0.29) is 0 Å². The van der Waals surface area contributed by atoms with E-state index in [9.17, 15) is 14.4 Å². The van der Waals surface area contributed by atoms with Gasteiger partial charge in [0.1, 0.15) is 0 Å². The molecule has 0 aliphatic heterocycles. The SMILES string of the molecule is CC(=O)NC1(OC(C)=O)C=CC=CC1/C=C/C(=O)O. The van der Waals surface area contributed by atoms with Crippen molar-refractivity contribution in [2.24, 2.45) is 5.92 Å². The van der Waals surface area contributed by atoms with E-state index in [1.807, 2.05) is 0 Å². The monoisotopic (exact) mass is 265 g/mol. The van der Waals surface area contributed by atoms with Crippen LogP contribution in [0.25, 0.3) is 0 Å². The van der Waals surface area contributed by atoms with Gasteiger partial charge in [-0.2, -0.15) is 0 Å². The van der Waals surface area contributed by atoms with Gasteiger partial charge in [-0.15, -0.1) is 0 Å². The summed E-state index contributed by atoms with van der Waals surface area (Å²) in [5, 5.41) is 11.2. The van der Waals surface area contributed by atoms with Crippen LogP contribution in [-0.2, 0) is 19.1 Å². The third-order valence-electron chi connectivity index (χ3n) is 2.40. The first-order valence-electron chi connectivity index (χ1n) is 5.61. The maximum absolute atomic E-state index is 11.3. The van der Waals surface area contributed by atoms with Gasteiger partial charge in [-0.25, -0.2) is 4.79 Å². The zero-order valence-electron chi connectivity index (χ0n) is 10.6. The average molecular weight is 265 g/mol. The molecule has 6 heteroatoms. The summed E-state index contributed by atoms with van der Waals surface area (Å²) in [5.74, 6) is -2.69. The number of hydrogen-bond acceptors (Lipinski definition) is 4. The van der Waals surface area contributed by atoms with Gasteiger partial charge in [0.15, 0.2) is 0 Å². The fourth-order valence-corrected chi connectivity index (χ4v) is 1.80. The number of allylic oxidation sites excluding steroid dienone is 2. The predicted octanol–water partition coefficient (Wildman–Crippen LogP) is 0.765. The lowest BCUT2D eigenvalue weighted by molar-refractivity contribution is -0.159. The number of carbonyl (C=O) groups is 3. The summed E-state index contributed by atoms with van der Waals surface area (Å²) in [4.78, 5) is 33.1. The molecule has 102 valence electrons. The Morgan fingerprint density at radius 3 is 2.53 bits per heavy atom. The Hall–Kier alpha value is -2.37. The summed E-state index contributed by atoms with van der Waals surface area (Å²) in [7, 11) is 0. The van der Waals surface area contributed by atoms with Gasteiger partial charge in [0, 0.05) is 19.9 Å². The lowest BCUT2D eigenvalue weighted by atomic mass is 9.90. The van der Waals surface area contributed by atoms with E-state index >= 15 is 0 Å². The number of rotatable bonds is 4. The highest BCUT2D eigenvalue weighted by Gasteiger charge is 2.39. The number of hydrogen-bond donors (Lipinski definition) is 2. The molecule has 0 aromatic rings. The van der Waals surface area contributed by atoms with Crippen LogP contribution in [0.2, 0.25) is 0 Å². The molecule has 2 atom stereocenters. The third-order valence-corrected chi connectivity index (χ3v) is 2.40. The second-order valence-corrected chi connectivity index (χ2v) is 4.04. The zero-order chi connectivity index (χ0) is 14.5. The minimum atomic E-state index is -1.39. The van der Waals surface area contributed by atoms with Gasteiger partial charge in [0.25, 0.3) is 0 Å². The first kappa shape index (κ1) is 14.7. The summed E-state index contributed by atoms with van der Waals surface area (Å²) >= 11 is 0. The average Bonchev–Trinajstić information content (AvgIpc) is 2.25. The maximum Gasteiger partial charge on any atom is 0.328 e. The number of amides is 1. The molecule has 0 radical (unpaired) electrons. The quantitative estimate of drug-likeness (QED) is 0.445. The van der Waals surface area contributed by atoms with Gasteiger partial charge < -0.3 is 15.2 Å². The number of carboxylic acids is 1. The molecular formula is C13H15NO5. The van der Waals surface area contributed by atoms with Crippen molar-refractivity contribution in [3.63, 3.8) is 0 Å². The first-order chi connectivity index (χ1) is 8.85. The topological polar surface area (TPSA) is 92.7 Å². The Morgan fingerprint density at radius 2 is 2.00 bits per heavy atom. The van der Waals surface area contributed by atoms with Crippen molar-refractivity contribution in [1.29, 1.82) is 0 Å². The molecule has 1 amide bonds. The molecule has 1 aliphatic rings. The van der Waals surface area contributed by atoms with Crippen molar-refractivity contribution < 1.29 is 24.2 Å². The lowest BCUT2D eigenvalue weighted by Crippen LogP contribution is -2.54. The van der Waals surface area contributed by atoms with Gasteiger partial charge >= 0.3 is 11.9 Å². The molecule has 0 saturated carbocycles. The highest BCUT2D eigenvalue weighted by Crippen LogP contribution is 2.27. The van der Waals surface area contributed by atoms with E-state index in [1.54, 1.807) is 18.2 Å². The van der Waals surface area contributed by atoms with Gasteiger partial charge in [0.05, 0.1) is 5.92 Å². The van der Waals surface area contributed by atoms with E-state index < -0.39 is 29.5 Å². The summed E-state index contributed by atoms with van der Waals surface area (Å²) in [5.41, 5.74) is -1.39. The van der Waals surface area contributed by atoms with Crippen LogP contribution in [0, 0.1) is 5.92 Å². The van der Waals surface area contributed by atoms with Crippen LogP contribution >= 0.6 is 0 Å². The van der Waals surface area contributed by atoms with Crippen molar-refractivity contribution in [2.75, 3.05) is 0 Å². The molecule has 0 bridgehead atoms. The Bertz CT molecular complexity index is 459. The Balaban J connectivity index is 3.11. The normalized spacial score (nSPS) is 25.3. The van der Waals surface area contributed by atoms with Crippen LogP contribution in [0.4, 0.5) is 0 Å². The second-order valence-electron chi connectivity index (χ2n) is 4.04. The van der Waals surface area contributed by atoms with E-state index in [4.69, 9.17) is 9.84 Å². The Morgan fingerprint density at radius 1 is 1.32 bits per heavy atom. The number of carbonyl (C=O) groups excluding carboxylic acids is 2. The zero-order valence-corrected chi connectivity index (χ0v) is 10.6. The predicted molar refractivity (Wildman–Crippen MR) is 66.9 cm³/mol. The summed E-state index contributed by atoms with van der Waals surface area (Å²) in [6, 6.07) is 0. The van der Waals surface area contributed by atoms with Crippen LogP contribution in [0.5, 0.6) is 0 Å². The number of ether oxygens (including phenoxy) is 1. The van der Waals surface area contributed by atoms with E-state index in [1.165, 1.54) is 26.0 Å². The summed E-state index contributed by atoms with van der Waals surface area (Å²) in [6.45, 7) is 2.50. The summed E-state index contributed by atoms with van der Waals surface area (Å²) in [6.07, 6.45) is 8.73. The highest BCUT2D eigenvalue weighted by molar-refractivity contribution is 5.80. The molecule has 1 rings (SSSR count). The Kier molecular flexibility index (Phi) is 4.63. The summed E-state index contributed by atoms with van der Waals surface area (Å²) < 4.78 is 5.18. The number of esters is 1. The van der Waals surface area contributed by atoms with Crippen LogP contribution < -0.4 is 5.32 Å². The molecule has 1 aliphatic carbocycles. The molecule has 0 fully saturated rings. The van der Waals surface area contributed by atoms with Crippen LogP contribution in [0.3, 0.4) is 0 Å². The number of carboxylic acid groups (broad SMARTS) is 1. The van der Waals surface area contributed by atoms with Crippen molar-refractivity contribution in [3.05, 3.63) is 36.5 Å². The molecule has 0 aromatic heterocycles. The van der Waals surface area contributed by atoms with Gasteiger partial charge in [-0.05, 0) is 6.08 Å². The molecule has 2 unspecified atom stereocenters. The lowest BCUT2D eigenvalue weighted by Gasteiger charge is -2.36. The molecule has 19 heavy (non-hydrogen) atoms. The smallest absolute Gasteiger partial charge is 0.328 e. The van der Waals surface area contributed by atoms with E-state index in [0.29, 0.717) is 0 Å². The maximum atomic E-state index is 11.3. The fraction of sp³-hybridized carbons (Fsp3) is 0.308. The van der Waals surface area contributed by atoms with E-state index in [2.05, 4.69) is 5.32 Å². The molecule has 2 N–H and O–H groups in total. The molecule has 6 nitrogen and oxygen atoms in total. The Labute approximate surface area is 110 Å². The second kappa shape index (κ2) is 5.99. The highest BCUT2D eigenvalue weighted by atomic mass is 16.6. The molecule has 0 aromatic carbocycles. The molecule has 0 spiro atoms. The van der Waals surface area contributed by atoms with Gasteiger partial charge in [-0.3, -0.25) is 9.59 Å².